The van der Waals surface area contributed by atoms with Gasteiger partial charge in [0.25, 0.3) is 0 Å². The highest BCUT2D eigenvalue weighted by Gasteiger charge is 2.32. The van der Waals surface area contributed by atoms with Gasteiger partial charge in [0.2, 0.25) is 0 Å². The quantitative estimate of drug-likeness (QED) is 0.0287. The van der Waals surface area contributed by atoms with Gasteiger partial charge >= 0.3 is 0 Å². The Morgan fingerprint density at radius 3 is 1.84 bits per heavy atom. The van der Waals surface area contributed by atoms with Crippen LogP contribution in [-0.2, 0) is 9.47 Å². The first kappa shape index (κ1) is 49.5. The molecule has 286 valence electrons. The van der Waals surface area contributed by atoms with E-state index in [0.29, 0.717) is 0 Å². The van der Waals surface area contributed by atoms with Crippen molar-refractivity contribution in [1.29, 1.82) is 0 Å². The van der Waals surface area contributed by atoms with Crippen molar-refractivity contribution in [3.8, 4) is 11.8 Å². The van der Waals surface area contributed by atoms with Crippen LogP contribution in [0.2, 0.25) is 0 Å². The van der Waals surface area contributed by atoms with E-state index in [-0.39, 0.29) is 13.5 Å². The number of hydrogen-bond acceptors (Lipinski definition) is 3. The van der Waals surface area contributed by atoms with Crippen LogP contribution in [0.4, 0.5) is 0 Å². The molecule has 49 heavy (non-hydrogen) atoms. The zero-order valence-corrected chi connectivity index (χ0v) is 32.9. The minimum Gasteiger partial charge on any atom is -0.350 e. The molecule has 0 aromatic rings. The molecule has 0 rings (SSSR count). The molecule has 0 aliphatic carbocycles. The van der Waals surface area contributed by atoms with Crippen molar-refractivity contribution >= 4 is 0 Å². The van der Waals surface area contributed by atoms with Gasteiger partial charge in [0.1, 0.15) is 0 Å². The van der Waals surface area contributed by atoms with Gasteiger partial charge in [-0.2, -0.15) is 0 Å². The largest absolute Gasteiger partial charge is 0.350 e. The molecule has 3 nitrogen and oxygen atoms in total. The molecule has 3 heteroatoms. The van der Waals surface area contributed by atoms with Gasteiger partial charge in [-0.25, -0.2) is 0 Å². The lowest BCUT2D eigenvalue weighted by atomic mass is 10.1. The molecule has 0 radical (unpaired) electrons. The number of rotatable bonds is 35. The van der Waals surface area contributed by atoms with Crippen molar-refractivity contribution in [1.82, 2.24) is 4.90 Å². The molecule has 0 aliphatic rings. The Labute approximate surface area is 308 Å². The van der Waals surface area contributed by atoms with Gasteiger partial charge in [-0.05, 0) is 85.2 Å². The van der Waals surface area contributed by atoms with E-state index in [1.165, 1.54) is 122 Å². The average molecular weight is 684 g/mol. The van der Waals surface area contributed by atoms with Crippen molar-refractivity contribution in [3.63, 3.8) is 0 Å². The van der Waals surface area contributed by atoms with Crippen LogP contribution in [0.3, 0.4) is 0 Å². The predicted molar refractivity (Wildman–Crippen MR) is 221 cm³/mol. The van der Waals surface area contributed by atoms with Crippen molar-refractivity contribution < 1.29 is 9.47 Å². The Kier molecular flexibility index (Phi) is 39.6. The van der Waals surface area contributed by atoms with Crippen LogP contribution in [0.15, 0.2) is 49.1 Å². The minimum absolute atomic E-state index is 0. The van der Waals surface area contributed by atoms with Gasteiger partial charge < -0.3 is 14.4 Å². The first-order chi connectivity index (χ1) is 23.5. The van der Waals surface area contributed by atoms with E-state index in [4.69, 9.17) is 9.47 Å². The van der Waals surface area contributed by atoms with Gasteiger partial charge in [0.05, 0.1) is 12.7 Å². The van der Waals surface area contributed by atoms with Crippen LogP contribution < -0.4 is 0 Å². The maximum absolute atomic E-state index is 6.73. The van der Waals surface area contributed by atoms with Gasteiger partial charge in [0, 0.05) is 32.2 Å². The number of nitrogens with zero attached hydrogens (tertiary/aromatic N) is 1. The Hall–Kier alpha value is -1.60. The normalized spacial score (nSPS) is 13.6. The van der Waals surface area contributed by atoms with Crippen LogP contribution in [0.1, 0.15) is 195 Å². The summed E-state index contributed by atoms with van der Waals surface area (Å²) in [5.74, 6) is 6.09. The Morgan fingerprint density at radius 1 is 0.673 bits per heavy atom. The van der Waals surface area contributed by atoms with E-state index < -0.39 is 5.79 Å². The molecule has 2 atom stereocenters. The molecular formula is C46H85NO2. The molecule has 0 aromatic carbocycles. The third kappa shape index (κ3) is 36.0. The van der Waals surface area contributed by atoms with Crippen molar-refractivity contribution in [2.24, 2.45) is 0 Å². The van der Waals surface area contributed by atoms with Gasteiger partial charge in [-0.1, -0.05) is 147 Å². The number of ether oxygens (including phenoxy) is 2. The zero-order chi connectivity index (χ0) is 35.2. The monoisotopic (exact) mass is 684 g/mol. The Morgan fingerprint density at radius 2 is 1.22 bits per heavy atom. The molecule has 0 heterocycles. The fraction of sp³-hybridized carbons (Fsp3) is 0.783. The van der Waals surface area contributed by atoms with Gasteiger partial charge in [-0.3, -0.25) is 0 Å². The molecular weight excluding hydrogens is 599 g/mol. The molecule has 0 aliphatic heterocycles. The highest BCUT2D eigenvalue weighted by molar-refractivity contribution is 5.04. The summed E-state index contributed by atoms with van der Waals surface area (Å²) in [6.45, 7) is 12.5. The van der Waals surface area contributed by atoms with Crippen LogP contribution in [0.5, 0.6) is 0 Å². The first-order valence-electron chi connectivity index (χ1n) is 20.5. The molecule has 0 fully saturated rings. The molecule has 0 bridgehead atoms. The Bertz CT molecular complexity index is 832. The lowest BCUT2D eigenvalue weighted by Gasteiger charge is -2.36. The SMILES string of the molecule is C.C=CCC(CCN(C)C)(OCCCCCCCCC#CC/C=C\CCCCC)OC(C)CCCCCCC/C=C\C/C=C\CCCCC. The highest BCUT2D eigenvalue weighted by atomic mass is 16.7. The standard InChI is InChI=1S/C45H81NO2.CH4/c1-7-10-12-14-16-18-20-22-24-26-28-30-32-34-36-38-43-47-45(40-9-3,41-42-46(5)6)48-44(4)39-37-35-33-31-29-27-25-23-21-19-17-15-13-11-8-2;/h9,16-19,23,25,44H,3,7-8,10-15,20-21,26-43H2,1-2,4-6H3;1H4/b18-16-,19-17-,25-23-;. The second kappa shape index (κ2) is 39.2. The summed E-state index contributed by atoms with van der Waals surface area (Å²) < 4.78 is 13.3. The molecule has 0 spiro atoms. The number of unbranched alkanes of at least 4 members (excludes halogenated alkanes) is 17. The number of allylic oxidation sites excluding steroid dienone is 6. The lowest BCUT2D eigenvalue weighted by Crippen LogP contribution is -2.41. The molecule has 2 unspecified atom stereocenters. The maximum atomic E-state index is 6.73. The topological polar surface area (TPSA) is 21.7 Å². The minimum atomic E-state index is -0.564. The average Bonchev–Trinajstić information content (AvgIpc) is 3.07. The summed E-state index contributed by atoms with van der Waals surface area (Å²) in [6, 6.07) is 0. The van der Waals surface area contributed by atoms with Crippen LogP contribution >= 0.6 is 0 Å². The van der Waals surface area contributed by atoms with Crippen molar-refractivity contribution in [2.45, 2.75) is 207 Å². The summed E-state index contributed by atoms with van der Waals surface area (Å²) in [5.41, 5.74) is 0. The summed E-state index contributed by atoms with van der Waals surface area (Å²) in [7, 11) is 4.26. The summed E-state index contributed by atoms with van der Waals surface area (Å²) in [5, 5.41) is 0. The summed E-state index contributed by atoms with van der Waals surface area (Å²) in [4.78, 5) is 2.23. The third-order valence-electron chi connectivity index (χ3n) is 8.92. The zero-order valence-electron chi connectivity index (χ0n) is 32.9. The summed E-state index contributed by atoms with van der Waals surface area (Å²) in [6.07, 6.45) is 47.2. The predicted octanol–water partition coefficient (Wildman–Crippen LogP) is 14.3. The second-order valence-corrected chi connectivity index (χ2v) is 14.1. The maximum Gasteiger partial charge on any atom is 0.173 e. The van der Waals surface area contributed by atoms with Crippen LogP contribution in [0, 0.1) is 11.8 Å². The molecule has 0 aromatic heterocycles. The fourth-order valence-corrected chi connectivity index (χ4v) is 5.87. The molecule has 0 amide bonds. The van der Waals surface area contributed by atoms with Crippen LogP contribution in [-0.4, -0.2) is 44.0 Å². The summed E-state index contributed by atoms with van der Waals surface area (Å²) >= 11 is 0. The second-order valence-electron chi connectivity index (χ2n) is 14.1. The molecule has 0 saturated heterocycles. The van der Waals surface area contributed by atoms with Crippen LogP contribution in [0.25, 0.3) is 0 Å². The van der Waals surface area contributed by atoms with E-state index in [0.717, 1.165) is 58.1 Å². The third-order valence-corrected chi connectivity index (χ3v) is 8.92. The molecule has 0 saturated carbocycles. The number of hydrogen-bond donors (Lipinski definition) is 0. The van der Waals surface area contributed by atoms with E-state index >= 15 is 0 Å². The van der Waals surface area contributed by atoms with E-state index in [2.05, 4.69) is 94.6 Å². The highest BCUT2D eigenvalue weighted by Crippen LogP contribution is 2.28. The van der Waals surface area contributed by atoms with Crippen molar-refractivity contribution in [3.05, 3.63) is 49.1 Å². The van der Waals surface area contributed by atoms with Gasteiger partial charge in [0.15, 0.2) is 5.79 Å². The van der Waals surface area contributed by atoms with E-state index in [1.807, 2.05) is 6.08 Å². The lowest BCUT2D eigenvalue weighted by molar-refractivity contribution is -0.260. The van der Waals surface area contributed by atoms with E-state index in [1.54, 1.807) is 0 Å². The fourth-order valence-electron chi connectivity index (χ4n) is 5.87. The van der Waals surface area contributed by atoms with Crippen molar-refractivity contribution in [2.75, 3.05) is 27.2 Å². The smallest absolute Gasteiger partial charge is 0.173 e. The van der Waals surface area contributed by atoms with E-state index in [9.17, 15) is 0 Å². The molecule has 0 N–H and O–H groups in total. The Balaban J connectivity index is 0. The van der Waals surface area contributed by atoms with Gasteiger partial charge in [-0.15, -0.1) is 12.5 Å². The first-order valence-corrected chi connectivity index (χ1v) is 20.5.